The highest BCUT2D eigenvalue weighted by molar-refractivity contribution is 5.81. The van der Waals surface area contributed by atoms with Gasteiger partial charge in [0.05, 0.1) is 0 Å². The molecule has 1 aliphatic carbocycles. The van der Waals surface area contributed by atoms with Crippen LogP contribution in [0.25, 0.3) is 0 Å². The van der Waals surface area contributed by atoms with E-state index >= 15 is 0 Å². The Hall–Kier alpha value is -0.590. The van der Waals surface area contributed by atoms with Gasteiger partial charge in [-0.3, -0.25) is 4.79 Å². The fourth-order valence-corrected chi connectivity index (χ4v) is 0.733. The molecule has 0 N–H and O–H groups in total. The van der Waals surface area contributed by atoms with E-state index in [-0.39, 0.29) is 0 Å². The van der Waals surface area contributed by atoms with Gasteiger partial charge in [0, 0.05) is 12.8 Å². The number of hydrogen-bond donors (Lipinski definition) is 0. The summed E-state index contributed by atoms with van der Waals surface area (Å²) >= 11 is 0. The van der Waals surface area contributed by atoms with Crippen LogP contribution < -0.4 is 0 Å². The van der Waals surface area contributed by atoms with Gasteiger partial charge in [0.15, 0.2) is 0 Å². The normalized spacial score (nSPS) is 20.6. The largest absolute Gasteiger partial charge is 0.299 e. The second-order valence-corrected chi connectivity index (χ2v) is 2.02. The van der Waals surface area contributed by atoms with Crippen LogP contribution >= 0.6 is 0 Å². The zero-order valence-corrected chi connectivity index (χ0v) is 4.68. The lowest BCUT2D eigenvalue weighted by molar-refractivity contribution is -0.118. The summed E-state index contributed by atoms with van der Waals surface area (Å²) in [4.78, 5) is 10.5. The first-order chi connectivity index (χ1) is 3.79. The van der Waals surface area contributed by atoms with E-state index in [1.807, 2.05) is 0 Å². The van der Waals surface area contributed by atoms with Crippen LogP contribution in [0.3, 0.4) is 0 Å². The van der Waals surface area contributed by atoms with Crippen LogP contribution in [0.4, 0.5) is 0 Å². The average Bonchev–Trinajstić information content (AvgIpc) is 1.77. The average molecular weight is 108 g/mol. The molecule has 1 heteroatoms. The molecular formula is C7H8O. The molecule has 0 atom stereocenters. The Kier molecular flexibility index (Phi) is 1.47. The van der Waals surface area contributed by atoms with Crippen molar-refractivity contribution in [1.82, 2.24) is 0 Å². The lowest BCUT2D eigenvalue weighted by Crippen LogP contribution is -2.01. The van der Waals surface area contributed by atoms with Crippen molar-refractivity contribution in [1.29, 1.82) is 0 Å². The second kappa shape index (κ2) is 2.12. The van der Waals surface area contributed by atoms with Crippen molar-refractivity contribution in [2.75, 3.05) is 0 Å². The van der Waals surface area contributed by atoms with E-state index in [0.717, 1.165) is 12.0 Å². The maximum atomic E-state index is 10.5. The van der Waals surface area contributed by atoms with Crippen molar-refractivity contribution in [2.45, 2.75) is 19.3 Å². The molecule has 0 heterocycles. The van der Waals surface area contributed by atoms with E-state index < -0.39 is 0 Å². The second-order valence-electron chi connectivity index (χ2n) is 2.02. The molecule has 0 unspecified atom stereocenters. The van der Waals surface area contributed by atoms with Crippen molar-refractivity contribution >= 4 is 5.78 Å². The molecule has 8 heavy (non-hydrogen) atoms. The third-order valence-corrected chi connectivity index (χ3v) is 1.28. The van der Waals surface area contributed by atoms with Gasteiger partial charge < -0.3 is 0 Å². The van der Waals surface area contributed by atoms with Crippen LogP contribution in [0.1, 0.15) is 19.3 Å². The first kappa shape index (κ1) is 5.54. The summed E-state index contributed by atoms with van der Waals surface area (Å²) in [5.41, 5.74) is 0.865. The summed E-state index contributed by atoms with van der Waals surface area (Å²) in [6.07, 6.45) is 3.75. The van der Waals surface area contributed by atoms with Gasteiger partial charge in [-0.2, -0.15) is 0 Å². The zero-order valence-electron chi connectivity index (χ0n) is 4.68. The minimum Gasteiger partial charge on any atom is -0.299 e. The lowest BCUT2D eigenvalue weighted by atomic mass is 10.0. The highest BCUT2D eigenvalue weighted by Gasteiger charge is 2.05. The monoisotopic (exact) mass is 108 g/mol. The number of carbonyl (C=O) groups is 1. The first-order valence-electron chi connectivity index (χ1n) is 2.75. The Balaban J connectivity index is 2.55. The van der Waals surface area contributed by atoms with Crippen LogP contribution in [0.2, 0.25) is 0 Å². The Morgan fingerprint density at radius 3 is 2.62 bits per heavy atom. The number of carbonyl (C=O) groups excluding carboxylic acids is 1. The van der Waals surface area contributed by atoms with E-state index in [9.17, 15) is 4.79 Å². The van der Waals surface area contributed by atoms with E-state index in [0.29, 0.717) is 18.6 Å². The highest BCUT2D eigenvalue weighted by Crippen LogP contribution is 2.12. The number of rotatable bonds is 0. The van der Waals surface area contributed by atoms with Gasteiger partial charge >= 0.3 is 0 Å². The maximum absolute atomic E-state index is 10.5. The molecule has 1 rings (SSSR count). The van der Waals surface area contributed by atoms with Crippen LogP contribution in [0, 0.1) is 6.92 Å². The molecule has 0 aromatic heterocycles. The van der Waals surface area contributed by atoms with Crippen LogP contribution in [0.15, 0.2) is 11.6 Å². The smallest absolute Gasteiger partial charge is 0.136 e. The topological polar surface area (TPSA) is 17.1 Å². The van der Waals surface area contributed by atoms with Gasteiger partial charge in [0.2, 0.25) is 0 Å². The van der Waals surface area contributed by atoms with Crippen molar-refractivity contribution in [3.8, 4) is 0 Å². The van der Waals surface area contributed by atoms with Crippen molar-refractivity contribution in [2.24, 2.45) is 0 Å². The molecule has 0 saturated heterocycles. The molecular weight excluding hydrogens is 100 g/mol. The van der Waals surface area contributed by atoms with Gasteiger partial charge in [-0.25, -0.2) is 0 Å². The third-order valence-electron chi connectivity index (χ3n) is 1.28. The minimum absolute atomic E-state index is 0.305. The SMILES string of the molecule is [CH]C1=CCC(=O)CC1. The van der Waals surface area contributed by atoms with Crippen LogP contribution in [-0.2, 0) is 4.79 Å². The third kappa shape index (κ3) is 1.19. The predicted octanol–water partition coefficient (Wildman–Crippen LogP) is 1.38. The number of hydrogen-bond acceptors (Lipinski definition) is 1. The number of ketones is 1. The molecule has 0 aromatic carbocycles. The number of allylic oxidation sites excluding steroid dienone is 2. The van der Waals surface area contributed by atoms with E-state index in [4.69, 9.17) is 6.92 Å². The molecule has 0 fully saturated rings. The minimum atomic E-state index is 0.305. The Bertz CT molecular complexity index is 133. The van der Waals surface area contributed by atoms with Gasteiger partial charge in [-0.15, -0.1) is 0 Å². The molecule has 0 aliphatic heterocycles. The molecule has 2 radical (unpaired) electrons. The van der Waals surface area contributed by atoms with Crippen LogP contribution in [-0.4, -0.2) is 5.78 Å². The first-order valence-corrected chi connectivity index (χ1v) is 2.75. The molecule has 1 aliphatic rings. The summed E-state index contributed by atoms with van der Waals surface area (Å²) in [7, 11) is 0. The van der Waals surface area contributed by atoms with E-state index in [2.05, 4.69) is 0 Å². The van der Waals surface area contributed by atoms with Crippen LogP contribution in [0.5, 0.6) is 0 Å². The summed E-state index contributed by atoms with van der Waals surface area (Å²) in [5, 5.41) is 0. The summed E-state index contributed by atoms with van der Waals surface area (Å²) < 4.78 is 0. The van der Waals surface area contributed by atoms with Crippen molar-refractivity contribution in [3.05, 3.63) is 18.6 Å². The highest BCUT2D eigenvalue weighted by atomic mass is 16.1. The predicted molar refractivity (Wildman–Crippen MR) is 31.2 cm³/mol. The maximum Gasteiger partial charge on any atom is 0.136 e. The molecule has 0 saturated carbocycles. The Morgan fingerprint density at radius 2 is 2.25 bits per heavy atom. The van der Waals surface area contributed by atoms with Gasteiger partial charge in [-0.05, 0) is 13.3 Å². The number of Topliss-reactive ketones (excluding diaryl/α,β-unsaturated/α-hetero) is 1. The summed E-state index contributed by atoms with van der Waals surface area (Å²) in [6.45, 7) is 5.41. The van der Waals surface area contributed by atoms with Gasteiger partial charge in [-0.1, -0.05) is 11.6 Å². The fourth-order valence-electron chi connectivity index (χ4n) is 0.733. The summed E-state index contributed by atoms with van der Waals surface area (Å²) in [5.74, 6) is 0.305. The Morgan fingerprint density at radius 1 is 1.50 bits per heavy atom. The zero-order chi connectivity index (χ0) is 5.98. The molecule has 0 bridgehead atoms. The standard InChI is InChI=1S/C7H8O/c1-6-2-4-7(8)5-3-6/h1-2H,3-5H2. The molecule has 0 aromatic rings. The van der Waals surface area contributed by atoms with Gasteiger partial charge in [0.1, 0.15) is 5.78 Å². The van der Waals surface area contributed by atoms with Gasteiger partial charge in [0.25, 0.3) is 0 Å². The Labute approximate surface area is 49.4 Å². The molecule has 0 spiro atoms. The van der Waals surface area contributed by atoms with E-state index in [1.165, 1.54) is 0 Å². The fraction of sp³-hybridized carbons (Fsp3) is 0.429. The van der Waals surface area contributed by atoms with E-state index in [1.54, 1.807) is 6.08 Å². The lowest BCUT2D eigenvalue weighted by Gasteiger charge is -2.04. The van der Waals surface area contributed by atoms with Crippen molar-refractivity contribution in [3.63, 3.8) is 0 Å². The summed E-state index contributed by atoms with van der Waals surface area (Å²) in [6, 6.07) is 0. The quantitative estimate of drug-likeness (QED) is 0.458. The molecule has 0 amide bonds. The molecule has 1 nitrogen and oxygen atoms in total. The molecule has 42 valence electrons. The van der Waals surface area contributed by atoms with Crippen molar-refractivity contribution < 1.29 is 4.79 Å².